The van der Waals surface area contributed by atoms with Gasteiger partial charge in [-0.3, -0.25) is 0 Å². The molecule has 1 aliphatic rings. The zero-order valence-electron chi connectivity index (χ0n) is 12.0. The first kappa shape index (κ1) is 14.1. The third-order valence-corrected chi connectivity index (χ3v) is 4.26. The topological polar surface area (TPSA) is 39.9 Å². The Hall–Kier alpha value is -1.27. The van der Waals surface area contributed by atoms with Crippen LogP contribution < -0.4 is 4.90 Å². The molecule has 102 valence electrons. The number of hydrogen-bond acceptors (Lipinski definition) is 3. The van der Waals surface area contributed by atoms with Gasteiger partial charge in [-0.15, -0.1) is 0 Å². The van der Waals surface area contributed by atoms with E-state index in [1.807, 2.05) is 6.07 Å². The summed E-state index contributed by atoms with van der Waals surface area (Å²) in [6.45, 7) is 8.95. The summed E-state index contributed by atoms with van der Waals surface area (Å²) in [6.07, 6.45) is 3.49. The molecule has 0 bridgehead atoms. The van der Waals surface area contributed by atoms with E-state index in [9.17, 15) is 0 Å². The molecule has 2 rings (SSSR count). The van der Waals surface area contributed by atoms with E-state index < -0.39 is 0 Å². The van der Waals surface area contributed by atoms with Crippen molar-refractivity contribution in [1.82, 2.24) is 4.98 Å². The highest BCUT2D eigenvalue weighted by Crippen LogP contribution is 2.41. The van der Waals surface area contributed by atoms with Crippen molar-refractivity contribution in [3.05, 3.63) is 22.8 Å². The lowest BCUT2D eigenvalue weighted by molar-refractivity contribution is 0.242. The summed E-state index contributed by atoms with van der Waals surface area (Å²) in [6, 6.07) is 5.71. The molecule has 1 fully saturated rings. The van der Waals surface area contributed by atoms with Crippen molar-refractivity contribution in [1.29, 1.82) is 5.26 Å². The van der Waals surface area contributed by atoms with E-state index in [0.29, 0.717) is 5.56 Å². The van der Waals surface area contributed by atoms with Crippen LogP contribution in [0.5, 0.6) is 0 Å². The Kier molecular flexibility index (Phi) is 3.49. The van der Waals surface area contributed by atoms with Crippen molar-refractivity contribution in [3.8, 4) is 6.07 Å². The van der Waals surface area contributed by atoms with Gasteiger partial charge >= 0.3 is 0 Å². The molecule has 0 saturated carbocycles. The van der Waals surface area contributed by atoms with Gasteiger partial charge in [-0.2, -0.15) is 5.26 Å². The second-order valence-electron chi connectivity index (χ2n) is 6.43. The van der Waals surface area contributed by atoms with Gasteiger partial charge in [0.15, 0.2) is 0 Å². The summed E-state index contributed by atoms with van der Waals surface area (Å²) in [4.78, 5) is 6.77. The fourth-order valence-corrected chi connectivity index (χ4v) is 3.44. The molecule has 2 heterocycles. The van der Waals surface area contributed by atoms with E-state index in [4.69, 9.17) is 16.9 Å². The Morgan fingerprint density at radius 2 is 1.79 bits per heavy atom. The lowest BCUT2D eigenvalue weighted by Crippen LogP contribution is -2.59. The van der Waals surface area contributed by atoms with Crippen LogP contribution in [0.15, 0.2) is 12.1 Å². The van der Waals surface area contributed by atoms with Gasteiger partial charge in [0.05, 0.1) is 5.56 Å². The minimum absolute atomic E-state index is 0.0479. The van der Waals surface area contributed by atoms with E-state index in [2.05, 4.69) is 43.6 Å². The highest BCUT2D eigenvalue weighted by molar-refractivity contribution is 6.30. The molecule has 0 amide bonds. The monoisotopic (exact) mass is 277 g/mol. The van der Waals surface area contributed by atoms with Crippen molar-refractivity contribution in [2.45, 2.75) is 58.0 Å². The van der Waals surface area contributed by atoms with E-state index in [0.717, 1.165) is 18.7 Å². The first-order valence-corrected chi connectivity index (χ1v) is 7.03. The van der Waals surface area contributed by atoms with Crippen molar-refractivity contribution < 1.29 is 0 Å². The molecule has 19 heavy (non-hydrogen) atoms. The Morgan fingerprint density at radius 3 is 2.26 bits per heavy atom. The van der Waals surface area contributed by atoms with Crippen molar-refractivity contribution in [3.63, 3.8) is 0 Å². The molecule has 0 aliphatic carbocycles. The molecule has 0 spiro atoms. The maximum absolute atomic E-state index is 8.94. The molecular formula is C15H20ClN3. The number of halogens is 1. The number of aromatic nitrogens is 1. The van der Waals surface area contributed by atoms with Crippen molar-refractivity contribution in [2.75, 3.05) is 4.90 Å². The first-order chi connectivity index (χ1) is 8.78. The molecule has 0 atom stereocenters. The minimum atomic E-state index is 0.0479. The van der Waals surface area contributed by atoms with Crippen LogP contribution >= 0.6 is 11.6 Å². The van der Waals surface area contributed by atoms with Crippen LogP contribution in [-0.4, -0.2) is 16.1 Å². The molecule has 0 radical (unpaired) electrons. The Labute approximate surface area is 120 Å². The highest BCUT2D eigenvalue weighted by atomic mass is 35.5. The van der Waals surface area contributed by atoms with Gasteiger partial charge in [-0.05, 0) is 59.1 Å². The largest absolute Gasteiger partial charge is 0.346 e. The summed E-state index contributed by atoms with van der Waals surface area (Å²) in [5.41, 5.74) is 0.524. The van der Waals surface area contributed by atoms with Gasteiger partial charge in [0.25, 0.3) is 0 Å². The molecule has 3 nitrogen and oxygen atoms in total. The van der Waals surface area contributed by atoms with Gasteiger partial charge in [-0.25, -0.2) is 4.98 Å². The predicted octanol–water partition coefficient (Wildman–Crippen LogP) is 4.15. The van der Waals surface area contributed by atoms with Crippen LogP contribution in [0.2, 0.25) is 5.15 Å². The fourth-order valence-electron chi connectivity index (χ4n) is 3.25. The van der Waals surface area contributed by atoms with Crippen LogP contribution in [0.3, 0.4) is 0 Å². The third-order valence-electron chi connectivity index (χ3n) is 3.97. The fraction of sp³-hybridized carbons (Fsp3) is 0.600. The molecule has 4 heteroatoms. The van der Waals surface area contributed by atoms with E-state index in [1.54, 1.807) is 6.07 Å². The second-order valence-corrected chi connectivity index (χ2v) is 6.79. The molecule has 1 aromatic rings. The molecule has 0 N–H and O–H groups in total. The van der Waals surface area contributed by atoms with Crippen LogP contribution in [0.25, 0.3) is 0 Å². The number of nitrogens with zero attached hydrogens (tertiary/aromatic N) is 3. The summed E-state index contributed by atoms with van der Waals surface area (Å²) in [5, 5.41) is 9.23. The van der Waals surface area contributed by atoms with Crippen LogP contribution in [0, 0.1) is 11.3 Å². The van der Waals surface area contributed by atoms with Gasteiger partial charge in [0.2, 0.25) is 0 Å². The number of anilines is 1. The average Bonchev–Trinajstić information content (AvgIpc) is 2.26. The van der Waals surface area contributed by atoms with Gasteiger partial charge in [-0.1, -0.05) is 11.6 Å². The Balaban J connectivity index is 2.48. The molecular weight excluding hydrogens is 258 g/mol. The van der Waals surface area contributed by atoms with Gasteiger partial charge in [0, 0.05) is 11.1 Å². The number of pyridine rings is 1. The lowest BCUT2D eigenvalue weighted by Gasteiger charge is -2.53. The number of hydrogen-bond donors (Lipinski definition) is 0. The Morgan fingerprint density at radius 1 is 1.21 bits per heavy atom. The first-order valence-electron chi connectivity index (χ1n) is 6.65. The molecule has 1 aromatic heterocycles. The van der Waals surface area contributed by atoms with Crippen molar-refractivity contribution >= 4 is 17.4 Å². The van der Waals surface area contributed by atoms with Gasteiger partial charge < -0.3 is 4.90 Å². The SMILES string of the molecule is CC1(C)CCCC(C)(C)N1c1ccc(C#N)c(Cl)n1. The van der Waals surface area contributed by atoms with Crippen LogP contribution in [0.1, 0.15) is 52.5 Å². The average molecular weight is 278 g/mol. The summed E-state index contributed by atoms with van der Waals surface area (Å²) in [5.74, 6) is 0.860. The third kappa shape index (κ3) is 2.55. The summed E-state index contributed by atoms with van der Waals surface area (Å²) >= 11 is 6.07. The highest BCUT2D eigenvalue weighted by Gasteiger charge is 2.42. The van der Waals surface area contributed by atoms with E-state index in [-0.39, 0.29) is 16.2 Å². The number of rotatable bonds is 1. The van der Waals surface area contributed by atoms with Crippen molar-refractivity contribution in [2.24, 2.45) is 0 Å². The number of nitriles is 1. The van der Waals surface area contributed by atoms with E-state index >= 15 is 0 Å². The molecule has 1 aliphatic heterocycles. The normalized spacial score (nSPS) is 20.9. The second kappa shape index (κ2) is 4.68. The quantitative estimate of drug-likeness (QED) is 0.724. The lowest BCUT2D eigenvalue weighted by atomic mass is 9.80. The van der Waals surface area contributed by atoms with Gasteiger partial charge in [0.1, 0.15) is 17.0 Å². The Bertz CT molecular complexity index is 513. The molecule has 0 aromatic carbocycles. The number of piperidine rings is 1. The zero-order valence-corrected chi connectivity index (χ0v) is 12.8. The molecule has 1 saturated heterocycles. The standard InChI is InChI=1S/C15H20ClN3/c1-14(2)8-5-9-15(3,4)19(14)12-7-6-11(10-17)13(16)18-12/h6-7H,5,8-9H2,1-4H3. The summed E-state index contributed by atoms with van der Waals surface area (Å²) < 4.78 is 0. The smallest absolute Gasteiger partial charge is 0.149 e. The maximum atomic E-state index is 8.94. The van der Waals surface area contributed by atoms with E-state index in [1.165, 1.54) is 6.42 Å². The predicted molar refractivity (Wildman–Crippen MR) is 78.5 cm³/mol. The van der Waals surface area contributed by atoms with Crippen LogP contribution in [0.4, 0.5) is 5.82 Å². The summed E-state index contributed by atoms with van der Waals surface area (Å²) in [7, 11) is 0. The zero-order chi connectivity index (χ0) is 14.3. The molecule has 0 unspecified atom stereocenters. The minimum Gasteiger partial charge on any atom is -0.346 e. The van der Waals surface area contributed by atoms with Crippen LogP contribution in [-0.2, 0) is 0 Å². The maximum Gasteiger partial charge on any atom is 0.149 e.